The fourth-order valence-corrected chi connectivity index (χ4v) is 3.02. The van der Waals surface area contributed by atoms with E-state index in [1.165, 1.54) is 12.1 Å². The summed E-state index contributed by atoms with van der Waals surface area (Å²) in [6, 6.07) is 7.77. The zero-order valence-corrected chi connectivity index (χ0v) is 15.3. The fraction of sp³-hybridized carbons (Fsp3) is 0.250. The monoisotopic (exact) mass is 382 g/mol. The van der Waals surface area contributed by atoms with Gasteiger partial charge >= 0.3 is 0 Å². The standard InChI is InChI=1S/C20H19FN4O3/c1-13-17(19(24-28-13)14-2-4-15(21)5-3-14)7-6-16-12-18(23-22-16)20(26)25-8-10-27-11-9-25/h2-7,12H,8-11H2,1H3,(H,22,23). The van der Waals surface area contributed by atoms with Gasteiger partial charge in [-0.2, -0.15) is 5.10 Å². The van der Waals surface area contributed by atoms with Crippen LogP contribution in [0.25, 0.3) is 23.4 Å². The first-order valence-electron chi connectivity index (χ1n) is 8.94. The number of nitrogens with zero attached hydrogens (tertiary/aromatic N) is 3. The van der Waals surface area contributed by atoms with Gasteiger partial charge in [0.05, 0.1) is 18.9 Å². The van der Waals surface area contributed by atoms with Gasteiger partial charge in [0, 0.05) is 24.2 Å². The lowest BCUT2D eigenvalue weighted by Gasteiger charge is -2.25. The molecule has 144 valence electrons. The van der Waals surface area contributed by atoms with Gasteiger partial charge in [-0.3, -0.25) is 9.89 Å². The number of carbonyl (C=O) groups excluding carboxylic acids is 1. The van der Waals surface area contributed by atoms with Crippen molar-refractivity contribution in [2.24, 2.45) is 0 Å². The summed E-state index contributed by atoms with van der Waals surface area (Å²) in [5, 5.41) is 11.0. The summed E-state index contributed by atoms with van der Waals surface area (Å²) in [6.07, 6.45) is 3.64. The van der Waals surface area contributed by atoms with Crippen LogP contribution in [0.2, 0.25) is 0 Å². The summed E-state index contributed by atoms with van der Waals surface area (Å²) in [5.74, 6) is 0.211. The van der Waals surface area contributed by atoms with Crippen LogP contribution >= 0.6 is 0 Å². The number of aromatic amines is 1. The summed E-state index contributed by atoms with van der Waals surface area (Å²) in [6.45, 7) is 4.03. The van der Waals surface area contributed by atoms with E-state index in [2.05, 4.69) is 15.4 Å². The molecule has 1 fully saturated rings. The number of amides is 1. The molecule has 1 aliphatic heterocycles. The Kier molecular flexibility index (Phi) is 5.03. The molecule has 1 N–H and O–H groups in total. The maximum absolute atomic E-state index is 13.2. The van der Waals surface area contributed by atoms with Crippen LogP contribution in [0.1, 0.15) is 27.5 Å². The van der Waals surface area contributed by atoms with Crippen LogP contribution in [-0.2, 0) is 4.74 Å². The molecule has 28 heavy (non-hydrogen) atoms. The van der Waals surface area contributed by atoms with E-state index in [-0.39, 0.29) is 11.7 Å². The maximum atomic E-state index is 13.2. The molecule has 0 unspecified atom stereocenters. The second kappa shape index (κ2) is 7.77. The van der Waals surface area contributed by atoms with Gasteiger partial charge in [-0.15, -0.1) is 0 Å². The Morgan fingerprint density at radius 2 is 1.96 bits per heavy atom. The van der Waals surface area contributed by atoms with Crippen molar-refractivity contribution < 1.29 is 18.4 Å². The minimum atomic E-state index is -0.309. The predicted molar refractivity (Wildman–Crippen MR) is 101 cm³/mol. The Balaban J connectivity index is 1.54. The Morgan fingerprint density at radius 3 is 2.71 bits per heavy atom. The van der Waals surface area contributed by atoms with Crippen LogP contribution in [0.4, 0.5) is 4.39 Å². The van der Waals surface area contributed by atoms with Crippen molar-refractivity contribution in [2.75, 3.05) is 26.3 Å². The van der Waals surface area contributed by atoms with E-state index in [0.717, 1.165) is 11.1 Å². The molecule has 4 rings (SSSR count). The smallest absolute Gasteiger partial charge is 0.274 e. The van der Waals surface area contributed by atoms with E-state index < -0.39 is 0 Å². The number of aromatic nitrogens is 3. The molecule has 1 saturated heterocycles. The highest BCUT2D eigenvalue weighted by molar-refractivity contribution is 5.93. The maximum Gasteiger partial charge on any atom is 0.274 e. The Morgan fingerprint density at radius 1 is 1.21 bits per heavy atom. The summed E-state index contributed by atoms with van der Waals surface area (Å²) in [7, 11) is 0. The van der Waals surface area contributed by atoms with Gasteiger partial charge in [0.1, 0.15) is 17.3 Å². The number of carbonyl (C=O) groups is 1. The SMILES string of the molecule is Cc1onc(-c2ccc(F)cc2)c1C=Cc1cc(C(=O)N2CCOCC2)n[nH]1. The Labute approximate surface area is 160 Å². The third-order valence-electron chi connectivity index (χ3n) is 4.57. The molecule has 7 nitrogen and oxygen atoms in total. The van der Waals surface area contributed by atoms with Crippen LogP contribution in [0.5, 0.6) is 0 Å². The van der Waals surface area contributed by atoms with Gasteiger partial charge in [-0.25, -0.2) is 4.39 Å². The normalized spacial score (nSPS) is 14.7. The molecule has 0 radical (unpaired) electrons. The van der Waals surface area contributed by atoms with Crippen molar-refractivity contribution >= 4 is 18.1 Å². The first-order chi connectivity index (χ1) is 13.6. The molecular formula is C20H19FN4O3. The van der Waals surface area contributed by atoms with Crippen LogP contribution < -0.4 is 0 Å². The van der Waals surface area contributed by atoms with Crippen molar-refractivity contribution in [1.29, 1.82) is 0 Å². The highest BCUT2D eigenvalue weighted by Crippen LogP contribution is 2.27. The van der Waals surface area contributed by atoms with Gasteiger partial charge in [-0.1, -0.05) is 5.16 Å². The number of H-pyrrole nitrogens is 1. The summed E-state index contributed by atoms with van der Waals surface area (Å²) < 4.78 is 23.7. The Hall–Kier alpha value is -3.26. The molecular weight excluding hydrogens is 363 g/mol. The molecule has 1 aliphatic rings. The molecule has 2 aromatic heterocycles. The zero-order valence-electron chi connectivity index (χ0n) is 15.3. The summed E-state index contributed by atoms with van der Waals surface area (Å²) in [5.41, 5.74) is 3.20. The first-order valence-corrected chi connectivity index (χ1v) is 8.94. The molecule has 0 aliphatic carbocycles. The Bertz CT molecular complexity index is 1000. The molecule has 1 amide bonds. The van der Waals surface area contributed by atoms with Gasteiger partial charge < -0.3 is 14.2 Å². The van der Waals surface area contributed by atoms with Crippen LogP contribution in [0.15, 0.2) is 34.9 Å². The van der Waals surface area contributed by atoms with Crippen molar-refractivity contribution in [2.45, 2.75) is 6.92 Å². The van der Waals surface area contributed by atoms with Crippen LogP contribution in [-0.4, -0.2) is 52.5 Å². The van der Waals surface area contributed by atoms with Gasteiger partial charge in [-0.05, 0) is 49.4 Å². The highest BCUT2D eigenvalue weighted by atomic mass is 19.1. The lowest BCUT2D eigenvalue weighted by molar-refractivity contribution is 0.0299. The third-order valence-corrected chi connectivity index (χ3v) is 4.57. The summed E-state index contributed by atoms with van der Waals surface area (Å²) >= 11 is 0. The number of nitrogens with one attached hydrogen (secondary N) is 1. The number of benzene rings is 1. The second-order valence-electron chi connectivity index (χ2n) is 6.45. The van der Waals surface area contributed by atoms with Gasteiger partial charge in [0.25, 0.3) is 5.91 Å². The number of hydrogen-bond acceptors (Lipinski definition) is 5. The second-order valence-corrected chi connectivity index (χ2v) is 6.45. The topological polar surface area (TPSA) is 84.2 Å². The third kappa shape index (κ3) is 3.72. The molecule has 0 bridgehead atoms. The van der Waals surface area contributed by atoms with Crippen molar-refractivity contribution in [1.82, 2.24) is 20.3 Å². The lowest BCUT2D eigenvalue weighted by Crippen LogP contribution is -2.40. The number of halogens is 1. The van der Waals surface area contributed by atoms with Gasteiger partial charge in [0.2, 0.25) is 0 Å². The zero-order chi connectivity index (χ0) is 19.5. The average Bonchev–Trinajstić information content (AvgIpc) is 3.34. The van der Waals surface area contributed by atoms with E-state index >= 15 is 0 Å². The van der Waals surface area contributed by atoms with Crippen molar-refractivity contribution in [3.05, 3.63) is 58.9 Å². The number of morpholine rings is 1. The van der Waals surface area contributed by atoms with E-state index in [4.69, 9.17) is 9.26 Å². The molecule has 0 spiro atoms. The summed E-state index contributed by atoms with van der Waals surface area (Å²) in [4.78, 5) is 14.2. The minimum Gasteiger partial charge on any atom is -0.378 e. The average molecular weight is 382 g/mol. The molecule has 8 heteroatoms. The number of hydrogen-bond donors (Lipinski definition) is 1. The van der Waals surface area contributed by atoms with E-state index in [1.54, 1.807) is 36.1 Å². The van der Waals surface area contributed by atoms with E-state index in [0.29, 0.717) is 49.1 Å². The number of rotatable bonds is 4. The molecule has 1 aromatic carbocycles. The molecule has 0 atom stereocenters. The van der Waals surface area contributed by atoms with Crippen LogP contribution in [0.3, 0.4) is 0 Å². The minimum absolute atomic E-state index is 0.118. The van der Waals surface area contributed by atoms with E-state index in [1.807, 2.05) is 6.08 Å². The lowest BCUT2D eigenvalue weighted by atomic mass is 10.1. The number of ether oxygens (including phenoxy) is 1. The number of aryl methyl sites for hydroxylation is 1. The molecule has 3 heterocycles. The molecule has 3 aromatic rings. The van der Waals surface area contributed by atoms with Gasteiger partial charge in [0.15, 0.2) is 5.69 Å². The molecule has 0 saturated carbocycles. The first kappa shape index (κ1) is 18.1. The predicted octanol–water partition coefficient (Wildman–Crippen LogP) is 3.16. The van der Waals surface area contributed by atoms with Crippen molar-refractivity contribution in [3.63, 3.8) is 0 Å². The van der Waals surface area contributed by atoms with Crippen LogP contribution in [0, 0.1) is 12.7 Å². The fourth-order valence-electron chi connectivity index (χ4n) is 3.02. The van der Waals surface area contributed by atoms with Crippen molar-refractivity contribution in [3.8, 4) is 11.3 Å². The van der Waals surface area contributed by atoms with E-state index in [9.17, 15) is 9.18 Å². The largest absolute Gasteiger partial charge is 0.378 e. The quantitative estimate of drug-likeness (QED) is 0.749. The highest BCUT2D eigenvalue weighted by Gasteiger charge is 2.20.